The molecule has 0 radical (unpaired) electrons. The van der Waals surface area contributed by atoms with Crippen molar-refractivity contribution in [2.75, 3.05) is 45.4 Å². The molecule has 1 fully saturated rings. The molecular formula is C25H24N4O5S. The van der Waals surface area contributed by atoms with Crippen molar-refractivity contribution in [1.29, 1.82) is 0 Å². The molecule has 9 nitrogen and oxygen atoms in total. The summed E-state index contributed by atoms with van der Waals surface area (Å²) in [5, 5.41) is 0.778. The molecule has 0 bridgehead atoms. The van der Waals surface area contributed by atoms with E-state index in [0.29, 0.717) is 59.4 Å². The van der Waals surface area contributed by atoms with Crippen LogP contribution in [-0.4, -0.2) is 60.8 Å². The van der Waals surface area contributed by atoms with Crippen LogP contribution in [-0.2, 0) is 11.3 Å². The number of fused-ring (bicyclic) bond motifs is 1. The molecule has 3 heterocycles. The van der Waals surface area contributed by atoms with Crippen LogP contribution in [0, 0.1) is 0 Å². The van der Waals surface area contributed by atoms with Crippen molar-refractivity contribution in [2.24, 2.45) is 0 Å². The molecule has 2 aromatic heterocycles. The molecular weight excluding hydrogens is 468 g/mol. The lowest BCUT2D eigenvalue weighted by Gasteiger charge is -2.25. The molecule has 0 saturated carbocycles. The first-order valence-electron chi connectivity index (χ1n) is 11.1. The van der Waals surface area contributed by atoms with E-state index in [1.54, 1.807) is 18.2 Å². The van der Waals surface area contributed by atoms with E-state index in [4.69, 9.17) is 19.2 Å². The summed E-state index contributed by atoms with van der Waals surface area (Å²) >= 11 is 1.39. The first kappa shape index (κ1) is 23.0. The highest BCUT2D eigenvalue weighted by atomic mass is 32.1. The fraction of sp³-hybridized carbons (Fsp3) is 0.280. The van der Waals surface area contributed by atoms with Crippen molar-refractivity contribution in [2.45, 2.75) is 6.54 Å². The van der Waals surface area contributed by atoms with E-state index in [0.717, 1.165) is 10.7 Å². The highest BCUT2D eigenvalue weighted by Gasteiger charge is 2.23. The molecule has 1 aliphatic rings. The van der Waals surface area contributed by atoms with Gasteiger partial charge in [-0.3, -0.25) is 9.36 Å². The number of ether oxygens (including phenoxy) is 3. The largest absolute Gasteiger partial charge is 0.493 e. The molecule has 35 heavy (non-hydrogen) atoms. The molecule has 0 spiro atoms. The Kier molecular flexibility index (Phi) is 6.47. The van der Waals surface area contributed by atoms with Gasteiger partial charge in [0.05, 0.1) is 34.0 Å². The molecule has 0 amide bonds. The normalized spacial score (nSPS) is 13.7. The number of rotatable bonds is 7. The Hall–Kier alpha value is -3.76. The quantitative estimate of drug-likeness (QED) is 0.363. The number of methoxy groups -OCH3 is 2. The van der Waals surface area contributed by atoms with Gasteiger partial charge in [0.15, 0.2) is 22.4 Å². The fourth-order valence-electron chi connectivity index (χ4n) is 4.01. The number of carbonyl (C=O) groups excluding carboxylic acids is 1. The maximum absolute atomic E-state index is 13.2. The van der Waals surface area contributed by atoms with Crippen molar-refractivity contribution >= 4 is 32.6 Å². The van der Waals surface area contributed by atoms with E-state index in [1.165, 1.54) is 30.1 Å². The molecule has 180 valence electrons. The standard InChI is InChI=1S/C25H24N4O5S/c1-32-19-9-8-17(14-20(19)33-2)18(30)15-29-23-22(27-25(35-23)28-10-12-34-13-11-28)21(26-24(29)31)16-6-4-3-5-7-16/h3-9,14H,10-13,15H2,1-2H3. The van der Waals surface area contributed by atoms with E-state index < -0.39 is 5.69 Å². The lowest BCUT2D eigenvalue weighted by molar-refractivity contribution is 0.0971. The Labute approximate surface area is 205 Å². The van der Waals surface area contributed by atoms with Crippen molar-refractivity contribution < 1.29 is 19.0 Å². The summed E-state index contributed by atoms with van der Waals surface area (Å²) in [6.07, 6.45) is 0. The molecule has 5 rings (SSSR count). The zero-order valence-corrected chi connectivity index (χ0v) is 20.2. The summed E-state index contributed by atoms with van der Waals surface area (Å²) in [7, 11) is 3.04. The second kappa shape index (κ2) is 9.85. The highest BCUT2D eigenvalue weighted by molar-refractivity contribution is 7.22. The molecule has 1 aliphatic heterocycles. The van der Waals surface area contributed by atoms with Gasteiger partial charge in [0, 0.05) is 24.2 Å². The van der Waals surface area contributed by atoms with Crippen molar-refractivity contribution in [3.63, 3.8) is 0 Å². The third-order valence-corrected chi connectivity index (χ3v) is 6.98. The van der Waals surface area contributed by atoms with Crippen molar-refractivity contribution in [1.82, 2.24) is 14.5 Å². The number of ketones is 1. The van der Waals surface area contributed by atoms with Crippen LogP contribution in [0.15, 0.2) is 53.3 Å². The summed E-state index contributed by atoms with van der Waals surface area (Å²) in [6, 6.07) is 14.4. The maximum atomic E-state index is 13.2. The number of thiazole rings is 1. The van der Waals surface area contributed by atoms with E-state index in [9.17, 15) is 9.59 Å². The zero-order valence-electron chi connectivity index (χ0n) is 19.4. The van der Waals surface area contributed by atoms with Crippen LogP contribution < -0.4 is 20.1 Å². The second-order valence-corrected chi connectivity index (χ2v) is 8.89. The number of hydrogen-bond acceptors (Lipinski definition) is 9. The van der Waals surface area contributed by atoms with E-state index >= 15 is 0 Å². The maximum Gasteiger partial charge on any atom is 0.349 e. The fourth-order valence-corrected chi connectivity index (χ4v) is 5.12. The molecule has 0 N–H and O–H groups in total. The second-order valence-electron chi connectivity index (χ2n) is 7.94. The predicted molar refractivity (Wildman–Crippen MR) is 134 cm³/mol. The van der Waals surface area contributed by atoms with Gasteiger partial charge in [-0.25, -0.2) is 9.78 Å². The summed E-state index contributed by atoms with van der Waals surface area (Å²) in [5.74, 6) is 0.723. The number of Topliss-reactive ketones (excluding diaryl/α,β-unsaturated/α-hetero) is 1. The minimum atomic E-state index is -0.498. The number of carbonyl (C=O) groups is 1. The van der Waals surface area contributed by atoms with Gasteiger partial charge in [-0.15, -0.1) is 0 Å². The van der Waals surface area contributed by atoms with Gasteiger partial charge in [0.1, 0.15) is 16.0 Å². The van der Waals surface area contributed by atoms with E-state index in [-0.39, 0.29) is 12.3 Å². The van der Waals surface area contributed by atoms with Crippen LogP contribution in [0.2, 0.25) is 0 Å². The molecule has 2 aromatic carbocycles. The molecule has 10 heteroatoms. The van der Waals surface area contributed by atoms with Gasteiger partial charge < -0.3 is 19.1 Å². The Bertz CT molecular complexity index is 1430. The van der Waals surface area contributed by atoms with Crippen molar-refractivity contribution in [3.8, 4) is 22.8 Å². The summed E-state index contributed by atoms with van der Waals surface area (Å²) in [4.78, 5) is 38.4. The van der Waals surface area contributed by atoms with Gasteiger partial charge >= 0.3 is 5.69 Å². The first-order valence-corrected chi connectivity index (χ1v) is 12.0. The number of aromatic nitrogens is 3. The predicted octanol–water partition coefficient (Wildman–Crippen LogP) is 3.26. The Morgan fingerprint density at radius 1 is 1.03 bits per heavy atom. The summed E-state index contributed by atoms with van der Waals surface area (Å²) in [6.45, 7) is 2.48. The molecule has 1 saturated heterocycles. The van der Waals surface area contributed by atoms with Gasteiger partial charge in [-0.05, 0) is 18.2 Å². The molecule has 0 aliphatic carbocycles. The highest BCUT2D eigenvalue weighted by Crippen LogP contribution is 2.34. The van der Waals surface area contributed by atoms with Gasteiger partial charge in [0.25, 0.3) is 0 Å². The Morgan fingerprint density at radius 3 is 2.49 bits per heavy atom. The number of morpholine rings is 1. The van der Waals surface area contributed by atoms with Crippen LogP contribution in [0.25, 0.3) is 21.6 Å². The SMILES string of the molecule is COc1ccc(C(=O)Cn2c(=O)nc(-c3ccccc3)c3nc(N4CCOCC4)sc32)cc1OC. The van der Waals surface area contributed by atoms with Crippen LogP contribution in [0.1, 0.15) is 10.4 Å². The lowest BCUT2D eigenvalue weighted by Crippen LogP contribution is -2.36. The van der Waals surface area contributed by atoms with Gasteiger partial charge in [0.2, 0.25) is 0 Å². The summed E-state index contributed by atoms with van der Waals surface area (Å²) < 4.78 is 17.5. The monoisotopic (exact) mass is 492 g/mol. The molecule has 0 unspecified atom stereocenters. The first-order chi connectivity index (χ1) is 17.1. The van der Waals surface area contributed by atoms with Crippen molar-refractivity contribution in [3.05, 3.63) is 64.6 Å². The zero-order chi connectivity index (χ0) is 24.4. The van der Waals surface area contributed by atoms with E-state index in [1.807, 2.05) is 30.3 Å². The summed E-state index contributed by atoms with van der Waals surface area (Å²) in [5.41, 5.74) is 1.82. The minimum Gasteiger partial charge on any atom is -0.493 e. The average Bonchev–Trinajstić information content (AvgIpc) is 3.36. The van der Waals surface area contributed by atoms with Crippen LogP contribution >= 0.6 is 11.3 Å². The number of nitrogens with zero attached hydrogens (tertiary/aromatic N) is 4. The number of hydrogen-bond donors (Lipinski definition) is 0. The van der Waals surface area contributed by atoms with Crippen LogP contribution in [0.4, 0.5) is 5.13 Å². The van der Waals surface area contributed by atoms with Gasteiger partial charge in [-0.2, -0.15) is 4.98 Å². The van der Waals surface area contributed by atoms with Crippen LogP contribution in [0.3, 0.4) is 0 Å². The molecule has 4 aromatic rings. The topological polar surface area (TPSA) is 95.8 Å². The number of benzene rings is 2. The minimum absolute atomic E-state index is 0.169. The Morgan fingerprint density at radius 2 is 1.77 bits per heavy atom. The average molecular weight is 493 g/mol. The lowest BCUT2D eigenvalue weighted by atomic mass is 10.1. The Balaban J connectivity index is 1.60. The number of anilines is 1. The third-order valence-electron chi connectivity index (χ3n) is 5.84. The van der Waals surface area contributed by atoms with Gasteiger partial charge in [-0.1, -0.05) is 41.7 Å². The van der Waals surface area contributed by atoms with Crippen LogP contribution in [0.5, 0.6) is 11.5 Å². The van der Waals surface area contributed by atoms with E-state index in [2.05, 4.69) is 9.88 Å². The molecule has 0 atom stereocenters. The smallest absolute Gasteiger partial charge is 0.349 e. The third kappa shape index (κ3) is 4.50.